The molecule has 0 aliphatic carbocycles. The summed E-state index contributed by atoms with van der Waals surface area (Å²) in [5, 5.41) is 10.1. The third-order valence-corrected chi connectivity index (χ3v) is 3.51. The molecule has 1 amide bonds. The summed E-state index contributed by atoms with van der Waals surface area (Å²) < 4.78 is 6.95. The number of amides is 1. The number of hydrogen-bond acceptors (Lipinski definition) is 5. The number of aromatic nitrogens is 3. The van der Waals surface area contributed by atoms with Gasteiger partial charge in [0.25, 0.3) is 0 Å². The summed E-state index contributed by atoms with van der Waals surface area (Å²) in [6, 6.07) is 7.44. The van der Waals surface area contributed by atoms with E-state index >= 15 is 0 Å². The molecule has 0 radical (unpaired) electrons. The lowest BCUT2D eigenvalue weighted by Crippen LogP contribution is -2.41. The van der Waals surface area contributed by atoms with Crippen molar-refractivity contribution in [1.82, 2.24) is 20.1 Å². The largest absolute Gasteiger partial charge is 0.495 e. The lowest BCUT2D eigenvalue weighted by atomic mass is 10.2. The lowest BCUT2D eigenvalue weighted by Gasteiger charge is -2.21. The molecule has 1 aromatic carbocycles. The minimum atomic E-state index is -0.0922. The third-order valence-electron chi connectivity index (χ3n) is 3.51. The highest BCUT2D eigenvalue weighted by Crippen LogP contribution is 2.22. The second-order valence-electron chi connectivity index (χ2n) is 5.03. The first-order chi connectivity index (χ1) is 10.6. The number of methoxy groups -OCH3 is 1. The Balaban J connectivity index is 1.85. The second-order valence-corrected chi connectivity index (χ2v) is 5.03. The Bertz CT molecular complexity index is 600. The van der Waals surface area contributed by atoms with Crippen molar-refractivity contribution in [3.8, 4) is 5.75 Å². The zero-order valence-corrected chi connectivity index (χ0v) is 13.0. The predicted molar refractivity (Wildman–Crippen MR) is 83.8 cm³/mol. The number of rotatable bonds is 7. The Kier molecular flexibility index (Phi) is 5.35. The van der Waals surface area contributed by atoms with E-state index in [-0.39, 0.29) is 24.5 Å². The first kappa shape index (κ1) is 15.8. The molecule has 118 valence electrons. The number of benzene rings is 1. The molecule has 1 aromatic heterocycles. The Labute approximate surface area is 129 Å². The SMILES string of the molecule is COc1ccccc1NCC(=O)N[C@@H](C)[C@@H](C)n1cncn1. The van der Waals surface area contributed by atoms with Gasteiger partial charge in [0.05, 0.1) is 25.4 Å². The molecule has 7 nitrogen and oxygen atoms in total. The van der Waals surface area contributed by atoms with Gasteiger partial charge in [0.1, 0.15) is 18.4 Å². The molecular formula is C15H21N5O2. The van der Waals surface area contributed by atoms with Crippen molar-refractivity contribution in [3.05, 3.63) is 36.9 Å². The molecule has 1 heterocycles. The predicted octanol–water partition coefficient (Wildman–Crippen LogP) is 1.46. The van der Waals surface area contributed by atoms with E-state index in [0.29, 0.717) is 5.75 Å². The van der Waals surface area contributed by atoms with E-state index in [1.165, 1.54) is 6.33 Å². The van der Waals surface area contributed by atoms with Gasteiger partial charge in [-0.2, -0.15) is 5.10 Å². The van der Waals surface area contributed by atoms with Gasteiger partial charge in [-0.25, -0.2) is 9.67 Å². The Hall–Kier alpha value is -2.57. The molecule has 7 heteroatoms. The molecule has 0 fully saturated rings. The molecule has 22 heavy (non-hydrogen) atoms. The highest BCUT2D eigenvalue weighted by molar-refractivity contribution is 5.81. The van der Waals surface area contributed by atoms with Crippen LogP contribution in [0, 0.1) is 0 Å². The van der Waals surface area contributed by atoms with Crippen LogP contribution in [0.3, 0.4) is 0 Å². The van der Waals surface area contributed by atoms with E-state index < -0.39 is 0 Å². The fraction of sp³-hybridized carbons (Fsp3) is 0.400. The number of carbonyl (C=O) groups excluding carboxylic acids is 1. The molecule has 2 atom stereocenters. The second kappa shape index (κ2) is 7.44. The normalized spacial score (nSPS) is 13.2. The molecular weight excluding hydrogens is 282 g/mol. The molecule has 0 spiro atoms. The molecule has 0 saturated heterocycles. The number of para-hydroxylation sites is 2. The Morgan fingerprint density at radius 1 is 1.36 bits per heavy atom. The van der Waals surface area contributed by atoms with Gasteiger partial charge in [0, 0.05) is 6.04 Å². The lowest BCUT2D eigenvalue weighted by molar-refractivity contribution is -0.120. The smallest absolute Gasteiger partial charge is 0.239 e. The highest BCUT2D eigenvalue weighted by atomic mass is 16.5. The van der Waals surface area contributed by atoms with Crippen molar-refractivity contribution in [1.29, 1.82) is 0 Å². The standard InChI is InChI=1S/C15H21N5O2/c1-11(12(2)20-10-16-9-18-20)19-15(21)8-17-13-6-4-5-7-14(13)22-3/h4-7,9-12,17H,8H2,1-3H3,(H,19,21)/t11-,12+/m0/s1. The maximum absolute atomic E-state index is 12.0. The third kappa shape index (κ3) is 3.97. The summed E-state index contributed by atoms with van der Waals surface area (Å²) in [5.74, 6) is 0.615. The molecule has 0 bridgehead atoms. The molecule has 2 aromatic rings. The zero-order valence-electron chi connectivity index (χ0n) is 13.0. The van der Waals surface area contributed by atoms with Crippen LogP contribution in [0.15, 0.2) is 36.9 Å². The zero-order chi connectivity index (χ0) is 15.9. The summed E-state index contributed by atoms with van der Waals surface area (Å²) in [5.41, 5.74) is 0.789. The molecule has 0 aliphatic rings. The maximum Gasteiger partial charge on any atom is 0.239 e. The van der Waals surface area contributed by atoms with E-state index in [9.17, 15) is 4.79 Å². The van der Waals surface area contributed by atoms with Gasteiger partial charge in [-0.3, -0.25) is 4.79 Å². The number of carbonyl (C=O) groups is 1. The van der Waals surface area contributed by atoms with E-state index in [1.54, 1.807) is 18.1 Å². The average Bonchev–Trinajstić information content (AvgIpc) is 3.06. The number of hydrogen-bond donors (Lipinski definition) is 2. The van der Waals surface area contributed by atoms with Gasteiger partial charge in [-0.1, -0.05) is 12.1 Å². The van der Waals surface area contributed by atoms with Crippen LogP contribution in [0.25, 0.3) is 0 Å². The highest BCUT2D eigenvalue weighted by Gasteiger charge is 2.16. The van der Waals surface area contributed by atoms with E-state index in [1.807, 2.05) is 38.1 Å². The van der Waals surface area contributed by atoms with Gasteiger partial charge >= 0.3 is 0 Å². The van der Waals surface area contributed by atoms with Crippen molar-refractivity contribution >= 4 is 11.6 Å². The van der Waals surface area contributed by atoms with Gasteiger partial charge in [-0.15, -0.1) is 0 Å². The van der Waals surface area contributed by atoms with Crippen LogP contribution in [0.1, 0.15) is 19.9 Å². The van der Waals surface area contributed by atoms with Crippen LogP contribution in [0.2, 0.25) is 0 Å². The van der Waals surface area contributed by atoms with Gasteiger partial charge < -0.3 is 15.4 Å². The first-order valence-electron chi connectivity index (χ1n) is 7.12. The Morgan fingerprint density at radius 2 is 2.14 bits per heavy atom. The topological polar surface area (TPSA) is 81.1 Å². The molecule has 2 N–H and O–H groups in total. The fourth-order valence-corrected chi connectivity index (χ4v) is 2.05. The summed E-state index contributed by atoms with van der Waals surface area (Å²) in [4.78, 5) is 16.0. The van der Waals surface area contributed by atoms with E-state index in [0.717, 1.165) is 5.69 Å². The minimum Gasteiger partial charge on any atom is -0.495 e. The Morgan fingerprint density at radius 3 is 2.82 bits per heavy atom. The molecule has 0 unspecified atom stereocenters. The van der Waals surface area contributed by atoms with Crippen LogP contribution in [0.4, 0.5) is 5.69 Å². The summed E-state index contributed by atoms with van der Waals surface area (Å²) in [7, 11) is 1.60. The molecule has 0 saturated carbocycles. The molecule has 0 aliphatic heterocycles. The summed E-state index contributed by atoms with van der Waals surface area (Å²) in [6.45, 7) is 4.09. The van der Waals surface area contributed by atoms with Crippen molar-refractivity contribution in [2.24, 2.45) is 0 Å². The quantitative estimate of drug-likeness (QED) is 0.809. The van der Waals surface area contributed by atoms with Crippen LogP contribution >= 0.6 is 0 Å². The number of ether oxygens (including phenoxy) is 1. The van der Waals surface area contributed by atoms with E-state index in [2.05, 4.69) is 20.7 Å². The number of nitrogens with one attached hydrogen (secondary N) is 2. The summed E-state index contributed by atoms with van der Waals surface area (Å²) in [6.07, 6.45) is 3.12. The summed E-state index contributed by atoms with van der Waals surface area (Å²) >= 11 is 0. The van der Waals surface area contributed by atoms with Gasteiger partial charge in [-0.05, 0) is 26.0 Å². The van der Waals surface area contributed by atoms with Gasteiger partial charge in [0.2, 0.25) is 5.91 Å². The van der Waals surface area contributed by atoms with Crippen LogP contribution in [-0.4, -0.2) is 40.4 Å². The van der Waals surface area contributed by atoms with Crippen LogP contribution in [-0.2, 0) is 4.79 Å². The minimum absolute atomic E-state index is 0.0257. The number of nitrogens with zero attached hydrogens (tertiary/aromatic N) is 3. The van der Waals surface area contributed by atoms with Crippen molar-refractivity contribution in [2.45, 2.75) is 25.9 Å². The fourth-order valence-electron chi connectivity index (χ4n) is 2.05. The maximum atomic E-state index is 12.0. The van der Waals surface area contributed by atoms with Crippen LogP contribution < -0.4 is 15.4 Å². The number of anilines is 1. The van der Waals surface area contributed by atoms with Crippen molar-refractivity contribution < 1.29 is 9.53 Å². The first-order valence-corrected chi connectivity index (χ1v) is 7.12. The van der Waals surface area contributed by atoms with Crippen molar-refractivity contribution in [2.75, 3.05) is 19.0 Å². The average molecular weight is 303 g/mol. The monoisotopic (exact) mass is 303 g/mol. The van der Waals surface area contributed by atoms with E-state index in [4.69, 9.17) is 4.74 Å². The van der Waals surface area contributed by atoms with Crippen molar-refractivity contribution in [3.63, 3.8) is 0 Å². The van der Waals surface area contributed by atoms with Gasteiger partial charge in [0.15, 0.2) is 0 Å². The van der Waals surface area contributed by atoms with Crippen LogP contribution in [0.5, 0.6) is 5.75 Å². The molecule has 2 rings (SSSR count).